The summed E-state index contributed by atoms with van der Waals surface area (Å²) in [4.78, 5) is 11.7. The van der Waals surface area contributed by atoms with E-state index in [9.17, 15) is 13.2 Å². The number of rotatable bonds is 6. The molecule has 0 aromatic heterocycles. The summed E-state index contributed by atoms with van der Waals surface area (Å²) in [5.74, 6) is 0.225. The van der Waals surface area contributed by atoms with E-state index < -0.39 is 22.1 Å². The lowest BCUT2D eigenvalue weighted by atomic mass is 10.1. The SMILES string of the molecule is CCOC(=O)C1Cc2cc(S(=O)(=O)Nc3ccc(OC)cc3)c(Cl)c(Cl)c2O1. The van der Waals surface area contributed by atoms with E-state index in [1.54, 1.807) is 31.2 Å². The van der Waals surface area contributed by atoms with E-state index in [1.165, 1.54) is 13.2 Å². The fraction of sp³-hybridized carbons (Fsp3) is 0.278. The van der Waals surface area contributed by atoms with Crippen LogP contribution in [0.3, 0.4) is 0 Å². The lowest BCUT2D eigenvalue weighted by Gasteiger charge is -2.13. The second-order valence-electron chi connectivity index (χ2n) is 5.89. The van der Waals surface area contributed by atoms with Crippen molar-refractivity contribution in [3.63, 3.8) is 0 Å². The van der Waals surface area contributed by atoms with Gasteiger partial charge in [-0.2, -0.15) is 0 Å². The minimum atomic E-state index is -4.03. The average molecular weight is 446 g/mol. The summed E-state index contributed by atoms with van der Waals surface area (Å²) in [6.07, 6.45) is -0.758. The molecule has 1 heterocycles. The molecular weight excluding hydrogens is 429 g/mol. The molecule has 0 aliphatic carbocycles. The van der Waals surface area contributed by atoms with Crippen molar-refractivity contribution < 1.29 is 27.4 Å². The van der Waals surface area contributed by atoms with Gasteiger partial charge in [-0.05, 0) is 37.3 Å². The van der Waals surface area contributed by atoms with Crippen LogP contribution in [0.1, 0.15) is 12.5 Å². The van der Waals surface area contributed by atoms with E-state index >= 15 is 0 Å². The van der Waals surface area contributed by atoms with Crippen molar-refractivity contribution >= 4 is 44.9 Å². The maximum Gasteiger partial charge on any atom is 0.347 e. The molecule has 7 nitrogen and oxygen atoms in total. The lowest BCUT2D eigenvalue weighted by Crippen LogP contribution is -2.27. The van der Waals surface area contributed by atoms with Crippen molar-refractivity contribution in [2.45, 2.75) is 24.3 Å². The molecule has 0 fully saturated rings. The first-order valence-electron chi connectivity index (χ1n) is 8.27. The highest BCUT2D eigenvalue weighted by molar-refractivity contribution is 7.92. The second kappa shape index (κ2) is 8.06. The Morgan fingerprint density at radius 1 is 1.25 bits per heavy atom. The second-order valence-corrected chi connectivity index (χ2v) is 8.29. The molecule has 2 aromatic carbocycles. The number of benzene rings is 2. The van der Waals surface area contributed by atoms with Crippen molar-refractivity contribution in [2.24, 2.45) is 0 Å². The highest BCUT2D eigenvalue weighted by Crippen LogP contribution is 2.44. The molecule has 1 unspecified atom stereocenters. The van der Waals surface area contributed by atoms with Gasteiger partial charge in [0.1, 0.15) is 21.4 Å². The Morgan fingerprint density at radius 2 is 1.93 bits per heavy atom. The molecule has 0 bridgehead atoms. The molecule has 3 rings (SSSR count). The number of nitrogens with one attached hydrogen (secondary N) is 1. The van der Waals surface area contributed by atoms with Gasteiger partial charge in [0.2, 0.25) is 0 Å². The van der Waals surface area contributed by atoms with Gasteiger partial charge in [0.05, 0.1) is 18.7 Å². The van der Waals surface area contributed by atoms with Crippen LogP contribution >= 0.6 is 23.2 Å². The summed E-state index contributed by atoms with van der Waals surface area (Å²) in [5, 5.41) is -0.257. The lowest BCUT2D eigenvalue weighted by molar-refractivity contribution is -0.150. The number of ether oxygens (including phenoxy) is 3. The van der Waals surface area contributed by atoms with Crippen LogP contribution in [0.15, 0.2) is 35.2 Å². The largest absolute Gasteiger partial charge is 0.497 e. The van der Waals surface area contributed by atoms with E-state index in [-0.39, 0.29) is 33.7 Å². The molecular formula is C18H17Cl2NO6S. The highest BCUT2D eigenvalue weighted by atomic mass is 35.5. The minimum absolute atomic E-state index is 0.0685. The maximum atomic E-state index is 12.8. The van der Waals surface area contributed by atoms with Crippen molar-refractivity contribution in [2.75, 3.05) is 18.4 Å². The Morgan fingerprint density at radius 3 is 2.54 bits per heavy atom. The van der Waals surface area contributed by atoms with Crippen molar-refractivity contribution in [1.29, 1.82) is 0 Å². The number of hydrogen-bond donors (Lipinski definition) is 1. The molecule has 0 spiro atoms. The summed E-state index contributed by atoms with van der Waals surface area (Å²) in [7, 11) is -2.52. The zero-order valence-electron chi connectivity index (χ0n) is 15.0. The van der Waals surface area contributed by atoms with E-state index in [0.29, 0.717) is 17.0 Å². The number of methoxy groups -OCH3 is 1. The molecule has 1 N–H and O–H groups in total. The molecule has 1 aliphatic rings. The number of carbonyl (C=O) groups excluding carboxylic acids is 1. The molecule has 0 radical (unpaired) electrons. The number of anilines is 1. The standard InChI is InChI=1S/C18H17Cl2NO6S/c1-3-26-18(22)13-8-10-9-14(15(19)16(20)17(10)27-13)28(23,24)21-11-4-6-12(25-2)7-5-11/h4-7,9,13,21H,3,8H2,1-2H3. The van der Waals surface area contributed by atoms with Gasteiger partial charge in [0, 0.05) is 17.7 Å². The Kier molecular flexibility index (Phi) is 5.92. The molecule has 10 heteroatoms. The third kappa shape index (κ3) is 3.99. The minimum Gasteiger partial charge on any atom is -0.497 e. The summed E-state index contributed by atoms with van der Waals surface area (Å²) < 4.78 is 43.6. The number of hydrogen-bond acceptors (Lipinski definition) is 6. The van der Waals surface area contributed by atoms with E-state index in [4.69, 9.17) is 37.4 Å². The van der Waals surface area contributed by atoms with Crippen LogP contribution in [0.5, 0.6) is 11.5 Å². The molecule has 150 valence electrons. The van der Waals surface area contributed by atoms with Gasteiger partial charge in [-0.3, -0.25) is 4.72 Å². The normalized spacial score (nSPS) is 15.5. The molecule has 1 aliphatic heterocycles. The summed E-state index contributed by atoms with van der Waals surface area (Å²) in [5.41, 5.74) is 0.789. The molecule has 1 atom stereocenters. The number of halogens is 2. The first-order valence-corrected chi connectivity index (χ1v) is 10.5. The molecule has 0 saturated carbocycles. The monoisotopic (exact) mass is 445 g/mol. The van der Waals surface area contributed by atoms with Gasteiger partial charge >= 0.3 is 5.97 Å². The predicted octanol–water partition coefficient (Wildman–Crippen LogP) is 3.67. The van der Waals surface area contributed by atoms with Gasteiger partial charge in [0.25, 0.3) is 10.0 Å². The summed E-state index contributed by atoms with van der Waals surface area (Å²) in [6.45, 7) is 1.88. The average Bonchev–Trinajstić information content (AvgIpc) is 3.10. The topological polar surface area (TPSA) is 90.9 Å². The molecule has 28 heavy (non-hydrogen) atoms. The Balaban J connectivity index is 1.91. The fourth-order valence-electron chi connectivity index (χ4n) is 2.73. The number of esters is 1. The van der Waals surface area contributed by atoms with E-state index in [1.807, 2.05) is 0 Å². The van der Waals surface area contributed by atoms with Crippen LogP contribution < -0.4 is 14.2 Å². The predicted molar refractivity (Wildman–Crippen MR) is 105 cm³/mol. The van der Waals surface area contributed by atoms with Gasteiger partial charge in [-0.1, -0.05) is 23.2 Å². The van der Waals surface area contributed by atoms with Crippen molar-refractivity contribution in [1.82, 2.24) is 0 Å². The smallest absolute Gasteiger partial charge is 0.347 e. The van der Waals surface area contributed by atoms with Gasteiger partial charge in [-0.25, -0.2) is 13.2 Å². The van der Waals surface area contributed by atoms with Gasteiger partial charge < -0.3 is 14.2 Å². The number of fused-ring (bicyclic) bond motifs is 1. The highest BCUT2D eigenvalue weighted by Gasteiger charge is 2.35. The first-order chi connectivity index (χ1) is 13.3. The third-order valence-corrected chi connectivity index (χ3v) is 6.42. The quantitative estimate of drug-likeness (QED) is 0.681. The van der Waals surface area contributed by atoms with Gasteiger partial charge in [-0.15, -0.1) is 0 Å². The fourth-order valence-corrected chi connectivity index (χ4v) is 4.69. The van der Waals surface area contributed by atoms with Crippen LogP contribution in [0.4, 0.5) is 5.69 Å². The summed E-state index contributed by atoms with van der Waals surface area (Å²) in [6, 6.07) is 7.70. The van der Waals surface area contributed by atoms with Crippen LogP contribution in [0.2, 0.25) is 10.0 Å². The number of carbonyl (C=O) groups is 1. The maximum absolute atomic E-state index is 12.8. The van der Waals surface area contributed by atoms with Crippen LogP contribution in [0, 0.1) is 0 Å². The summed E-state index contributed by atoms with van der Waals surface area (Å²) >= 11 is 12.4. The van der Waals surface area contributed by atoms with Crippen LogP contribution in [0.25, 0.3) is 0 Å². The Bertz CT molecular complexity index is 1010. The van der Waals surface area contributed by atoms with Gasteiger partial charge in [0.15, 0.2) is 6.10 Å². The number of sulfonamides is 1. The molecule has 0 amide bonds. The Hall–Kier alpha value is -2.16. The van der Waals surface area contributed by atoms with E-state index in [0.717, 1.165) is 0 Å². The Labute approximate surface area is 172 Å². The van der Waals surface area contributed by atoms with Crippen molar-refractivity contribution in [3.05, 3.63) is 45.9 Å². The first kappa shape index (κ1) is 20.6. The van der Waals surface area contributed by atoms with Crippen LogP contribution in [-0.2, 0) is 26.0 Å². The zero-order chi connectivity index (χ0) is 20.5. The molecule has 2 aromatic rings. The molecule has 0 saturated heterocycles. The van der Waals surface area contributed by atoms with E-state index in [2.05, 4.69) is 4.72 Å². The zero-order valence-corrected chi connectivity index (χ0v) is 17.3. The van der Waals surface area contributed by atoms with Crippen molar-refractivity contribution in [3.8, 4) is 11.5 Å². The third-order valence-electron chi connectivity index (χ3n) is 4.05. The van der Waals surface area contributed by atoms with Crippen LogP contribution in [-0.4, -0.2) is 34.2 Å².